The van der Waals surface area contributed by atoms with Crippen LogP contribution in [0.4, 0.5) is 0 Å². The Hall–Kier alpha value is -3.63. The first-order chi connectivity index (χ1) is 14.0. The number of hydrogen-bond donors (Lipinski definition) is 2. The standard InChI is InChI=1S/C24H16ClNO3/c25-17-10-11-20-19(14-17)22(16-6-2-1-3-7-16)23(24(29)26-20)21(28)12-9-15-5-4-8-18(27)13-15/h1-14,27H,(H,26,29). The summed E-state index contributed by atoms with van der Waals surface area (Å²) in [5.74, 6) is -0.335. The van der Waals surface area contributed by atoms with Crippen molar-refractivity contribution in [3.63, 3.8) is 0 Å². The Labute approximate surface area is 171 Å². The van der Waals surface area contributed by atoms with E-state index in [0.717, 1.165) is 5.56 Å². The highest BCUT2D eigenvalue weighted by molar-refractivity contribution is 6.31. The Balaban J connectivity index is 1.92. The first-order valence-corrected chi connectivity index (χ1v) is 9.33. The number of carbonyl (C=O) groups is 1. The topological polar surface area (TPSA) is 70.2 Å². The normalized spacial score (nSPS) is 11.2. The van der Waals surface area contributed by atoms with Gasteiger partial charge in [-0.15, -0.1) is 0 Å². The first-order valence-electron chi connectivity index (χ1n) is 8.95. The van der Waals surface area contributed by atoms with E-state index in [1.165, 1.54) is 12.1 Å². The van der Waals surface area contributed by atoms with Crippen LogP contribution in [0.1, 0.15) is 15.9 Å². The van der Waals surface area contributed by atoms with Crippen LogP contribution in [0.2, 0.25) is 5.02 Å². The lowest BCUT2D eigenvalue weighted by Crippen LogP contribution is -2.18. The van der Waals surface area contributed by atoms with Gasteiger partial charge in [0.1, 0.15) is 5.75 Å². The van der Waals surface area contributed by atoms with Gasteiger partial charge in [-0.25, -0.2) is 0 Å². The fourth-order valence-corrected chi connectivity index (χ4v) is 3.46. The van der Waals surface area contributed by atoms with Gasteiger partial charge in [0.05, 0.1) is 5.56 Å². The number of aromatic nitrogens is 1. The number of rotatable bonds is 4. The lowest BCUT2D eigenvalue weighted by atomic mass is 9.94. The third kappa shape index (κ3) is 3.84. The van der Waals surface area contributed by atoms with Gasteiger partial charge in [0, 0.05) is 21.5 Å². The lowest BCUT2D eigenvalue weighted by molar-refractivity contribution is 0.104. The highest BCUT2D eigenvalue weighted by atomic mass is 35.5. The molecular formula is C24H16ClNO3. The van der Waals surface area contributed by atoms with Crippen LogP contribution in [0.25, 0.3) is 28.1 Å². The van der Waals surface area contributed by atoms with E-state index in [2.05, 4.69) is 4.98 Å². The SMILES string of the molecule is O=C(C=Cc1cccc(O)c1)c1c(-c2ccccc2)c2cc(Cl)ccc2[nH]c1=O. The van der Waals surface area contributed by atoms with E-state index in [9.17, 15) is 14.7 Å². The van der Waals surface area contributed by atoms with Crippen LogP contribution in [0.15, 0.2) is 83.7 Å². The van der Waals surface area contributed by atoms with E-state index < -0.39 is 11.3 Å². The molecule has 5 heteroatoms. The number of aromatic hydroxyl groups is 1. The minimum Gasteiger partial charge on any atom is -0.508 e. The zero-order valence-corrected chi connectivity index (χ0v) is 16.0. The Kier molecular flexibility index (Phi) is 5.02. The van der Waals surface area contributed by atoms with Gasteiger partial charge in [-0.3, -0.25) is 9.59 Å². The molecule has 29 heavy (non-hydrogen) atoms. The van der Waals surface area contributed by atoms with Crippen molar-refractivity contribution in [1.29, 1.82) is 0 Å². The first kappa shape index (κ1) is 18.7. The molecule has 4 rings (SSSR count). The largest absolute Gasteiger partial charge is 0.508 e. The molecule has 4 nitrogen and oxygen atoms in total. The number of aromatic amines is 1. The van der Waals surface area contributed by atoms with Gasteiger partial charge in [0.25, 0.3) is 5.56 Å². The summed E-state index contributed by atoms with van der Waals surface area (Å²) >= 11 is 6.19. The highest BCUT2D eigenvalue weighted by Crippen LogP contribution is 2.31. The smallest absolute Gasteiger partial charge is 0.260 e. The van der Waals surface area contributed by atoms with Crippen molar-refractivity contribution < 1.29 is 9.90 Å². The van der Waals surface area contributed by atoms with Crippen LogP contribution in [0.5, 0.6) is 5.75 Å². The van der Waals surface area contributed by atoms with Crippen molar-refractivity contribution in [2.45, 2.75) is 0 Å². The Morgan fingerprint density at radius 3 is 2.52 bits per heavy atom. The molecule has 142 valence electrons. The molecule has 1 aromatic heterocycles. The van der Waals surface area contributed by atoms with Gasteiger partial charge < -0.3 is 10.1 Å². The number of hydrogen-bond acceptors (Lipinski definition) is 3. The summed E-state index contributed by atoms with van der Waals surface area (Å²) in [5, 5.41) is 10.8. The van der Waals surface area contributed by atoms with Gasteiger partial charge >= 0.3 is 0 Å². The zero-order chi connectivity index (χ0) is 20.4. The van der Waals surface area contributed by atoms with Crippen LogP contribution in [-0.2, 0) is 0 Å². The van der Waals surface area contributed by atoms with Gasteiger partial charge in [0.15, 0.2) is 5.78 Å². The Bertz CT molecular complexity index is 1310. The molecule has 2 N–H and O–H groups in total. The molecule has 1 heterocycles. The number of phenolic OH excluding ortho intramolecular Hbond substituents is 1. The van der Waals surface area contributed by atoms with Crippen molar-refractivity contribution in [1.82, 2.24) is 4.98 Å². The van der Waals surface area contributed by atoms with Gasteiger partial charge in [-0.05, 0) is 47.5 Å². The van der Waals surface area contributed by atoms with Crippen molar-refractivity contribution in [2.75, 3.05) is 0 Å². The fourth-order valence-electron chi connectivity index (χ4n) is 3.29. The second-order valence-electron chi connectivity index (χ2n) is 6.55. The van der Waals surface area contributed by atoms with Crippen LogP contribution >= 0.6 is 11.6 Å². The maximum atomic E-state index is 13.0. The summed E-state index contributed by atoms with van der Waals surface area (Å²) in [6.07, 6.45) is 2.90. The van der Waals surface area contributed by atoms with Gasteiger partial charge in [-0.2, -0.15) is 0 Å². The predicted octanol–water partition coefficient (Wildman–Crippen LogP) is 5.45. The van der Waals surface area contributed by atoms with Crippen molar-refractivity contribution in [2.24, 2.45) is 0 Å². The minimum atomic E-state index is -0.468. The molecule has 0 aliphatic heterocycles. The summed E-state index contributed by atoms with van der Waals surface area (Å²) < 4.78 is 0. The van der Waals surface area contributed by atoms with Crippen molar-refractivity contribution in [3.05, 3.63) is 105 Å². The highest BCUT2D eigenvalue weighted by Gasteiger charge is 2.19. The third-order valence-electron chi connectivity index (χ3n) is 4.58. The van der Waals surface area contributed by atoms with Crippen LogP contribution < -0.4 is 5.56 Å². The van der Waals surface area contributed by atoms with E-state index >= 15 is 0 Å². The second kappa shape index (κ2) is 7.78. The number of nitrogens with one attached hydrogen (secondary N) is 1. The number of H-pyrrole nitrogens is 1. The molecule has 4 aromatic rings. The molecule has 0 atom stereocenters. The molecule has 0 bridgehead atoms. The monoisotopic (exact) mass is 401 g/mol. The average Bonchev–Trinajstić information content (AvgIpc) is 2.72. The predicted molar refractivity (Wildman–Crippen MR) is 116 cm³/mol. The molecule has 0 radical (unpaired) electrons. The quantitative estimate of drug-likeness (QED) is 0.353. The second-order valence-corrected chi connectivity index (χ2v) is 6.99. The molecule has 0 unspecified atom stereocenters. The maximum absolute atomic E-state index is 13.0. The van der Waals surface area contributed by atoms with Crippen LogP contribution in [0, 0.1) is 0 Å². The molecule has 3 aromatic carbocycles. The van der Waals surface area contributed by atoms with E-state index in [1.54, 1.807) is 42.5 Å². The van der Waals surface area contributed by atoms with E-state index in [4.69, 9.17) is 11.6 Å². The Morgan fingerprint density at radius 2 is 1.76 bits per heavy atom. The molecule has 0 spiro atoms. The molecule has 0 aliphatic carbocycles. The molecular weight excluding hydrogens is 386 g/mol. The number of ketones is 1. The zero-order valence-electron chi connectivity index (χ0n) is 15.2. The number of phenols is 1. The lowest BCUT2D eigenvalue weighted by Gasteiger charge is -2.11. The number of allylic oxidation sites excluding steroid dienone is 1. The maximum Gasteiger partial charge on any atom is 0.260 e. The van der Waals surface area contributed by atoms with Crippen molar-refractivity contribution in [3.8, 4) is 16.9 Å². The number of benzene rings is 3. The molecule has 0 saturated heterocycles. The molecule has 0 amide bonds. The number of halogens is 1. The van der Waals surface area contributed by atoms with Crippen LogP contribution in [0.3, 0.4) is 0 Å². The average molecular weight is 402 g/mol. The van der Waals surface area contributed by atoms with E-state index in [1.807, 2.05) is 30.3 Å². The third-order valence-corrected chi connectivity index (χ3v) is 4.82. The van der Waals surface area contributed by atoms with Gasteiger partial charge in [0.2, 0.25) is 0 Å². The summed E-state index contributed by atoms with van der Waals surface area (Å²) in [6.45, 7) is 0. The molecule has 0 aliphatic rings. The number of fused-ring (bicyclic) bond motifs is 1. The number of pyridine rings is 1. The van der Waals surface area contributed by atoms with Gasteiger partial charge in [-0.1, -0.05) is 60.1 Å². The summed E-state index contributed by atoms with van der Waals surface area (Å²) in [5.41, 5.74) is 2.12. The molecule has 0 fully saturated rings. The summed E-state index contributed by atoms with van der Waals surface area (Å²) in [4.78, 5) is 28.7. The van der Waals surface area contributed by atoms with E-state index in [0.29, 0.717) is 27.1 Å². The summed E-state index contributed by atoms with van der Waals surface area (Å²) in [7, 11) is 0. The van der Waals surface area contributed by atoms with Crippen LogP contribution in [-0.4, -0.2) is 15.9 Å². The molecule has 0 saturated carbocycles. The fraction of sp³-hybridized carbons (Fsp3) is 0. The summed E-state index contributed by atoms with van der Waals surface area (Å²) in [6, 6.07) is 21.0. The minimum absolute atomic E-state index is 0.0439. The van der Waals surface area contributed by atoms with Crippen molar-refractivity contribution >= 4 is 34.4 Å². The van der Waals surface area contributed by atoms with E-state index in [-0.39, 0.29) is 11.3 Å². The Morgan fingerprint density at radius 1 is 0.966 bits per heavy atom. The number of carbonyl (C=O) groups excluding carboxylic acids is 1.